The molecule has 17 heavy (non-hydrogen) atoms. The Balaban J connectivity index is 2.19. The minimum atomic E-state index is 0.0492. The van der Waals surface area contributed by atoms with Gasteiger partial charge in [-0.05, 0) is 0 Å². The van der Waals surface area contributed by atoms with Gasteiger partial charge in [-0.25, -0.2) is 4.68 Å². The van der Waals surface area contributed by atoms with Crippen molar-refractivity contribution in [1.29, 1.82) is 0 Å². The molecule has 2 N–H and O–H groups in total. The first-order valence-electron chi connectivity index (χ1n) is 5.54. The highest BCUT2D eigenvalue weighted by atomic mass is 16.3. The number of aromatic nitrogens is 3. The lowest BCUT2D eigenvalue weighted by molar-refractivity contribution is -0.128. The van der Waals surface area contributed by atoms with Crippen LogP contribution in [0.2, 0.25) is 0 Å². The Kier molecular flexibility index (Phi) is 5.58. The van der Waals surface area contributed by atoms with Crippen molar-refractivity contribution in [3.8, 4) is 0 Å². The first-order valence-corrected chi connectivity index (χ1v) is 5.54. The molecular weight excluding hydrogens is 222 g/mol. The lowest BCUT2D eigenvalue weighted by atomic mass is 10.3. The van der Waals surface area contributed by atoms with E-state index in [1.54, 1.807) is 29.9 Å². The molecule has 0 bridgehead atoms. The largest absolute Gasteiger partial charge is 0.394 e. The number of carbonyl (C=O) groups excluding carboxylic acids is 1. The third-order valence-electron chi connectivity index (χ3n) is 2.24. The van der Waals surface area contributed by atoms with Crippen molar-refractivity contribution in [3.63, 3.8) is 0 Å². The fourth-order valence-electron chi connectivity index (χ4n) is 1.27. The number of amides is 1. The minimum absolute atomic E-state index is 0.0492. The van der Waals surface area contributed by atoms with E-state index in [4.69, 9.17) is 5.11 Å². The van der Waals surface area contributed by atoms with E-state index in [2.05, 4.69) is 15.6 Å². The van der Waals surface area contributed by atoms with Crippen LogP contribution in [0.4, 0.5) is 0 Å². The van der Waals surface area contributed by atoms with E-state index < -0.39 is 0 Å². The van der Waals surface area contributed by atoms with Crippen molar-refractivity contribution < 1.29 is 9.90 Å². The highest BCUT2D eigenvalue weighted by Crippen LogP contribution is 1.93. The smallest absolute Gasteiger partial charge is 0.223 e. The second kappa shape index (κ2) is 6.97. The van der Waals surface area contributed by atoms with Gasteiger partial charge in [0.25, 0.3) is 0 Å². The van der Waals surface area contributed by atoms with Gasteiger partial charge in [0.1, 0.15) is 0 Å². The predicted molar refractivity (Wildman–Crippen MR) is 62.1 cm³/mol. The van der Waals surface area contributed by atoms with Gasteiger partial charge in [-0.15, -0.1) is 5.10 Å². The number of carbonyl (C=O) groups is 1. The van der Waals surface area contributed by atoms with Gasteiger partial charge in [-0.2, -0.15) is 0 Å². The summed E-state index contributed by atoms with van der Waals surface area (Å²) in [5.74, 6) is 0.0986. The van der Waals surface area contributed by atoms with Gasteiger partial charge in [-0.1, -0.05) is 5.21 Å². The normalized spacial score (nSPS) is 10.5. The Morgan fingerprint density at radius 2 is 2.35 bits per heavy atom. The van der Waals surface area contributed by atoms with Crippen LogP contribution >= 0.6 is 0 Å². The second-order valence-corrected chi connectivity index (χ2v) is 3.91. The molecule has 0 aliphatic rings. The Bertz CT molecular complexity index is 350. The molecule has 0 aromatic carbocycles. The molecule has 0 unspecified atom stereocenters. The van der Waals surface area contributed by atoms with Gasteiger partial charge in [-0.3, -0.25) is 4.79 Å². The van der Waals surface area contributed by atoms with E-state index >= 15 is 0 Å². The zero-order valence-corrected chi connectivity index (χ0v) is 10.3. The number of nitrogens with zero attached hydrogens (tertiary/aromatic N) is 4. The van der Waals surface area contributed by atoms with Crippen LogP contribution in [0.3, 0.4) is 0 Å². The van der Waals surface area contributed by atoms with Gasteiger partial charge >= 0.3 is 0 Å². The van der Waals surface area contributed by atoms with Crippen molar-refractivity contribution >= 4 is 5.91 Å². The summed E-state index contributed by atoms with van der Waals surface area (Å²) in [4.78, 5) is 12.8. The van der Waals surface area contributed by atoms with Crippen molar-refractivity contribution in [1.82, 2.24) is 25.2 Å². The zero-order valence-electron chi connectivity index (χ0n) is 10.3. The molecule has 0 saturated heterocycles. The molecule has 1 heterocycles. The summed E-state index contributed by atoms with van der Waals surface area (Å²) in [6.07, 6.45) is 2.24. The molecule has 7 heteroatoms. The van der Waals surface area contributed by atoms with E-state index in [-0.39, 0.29) is 12.5 Å². The van der Waals surface area contributed by atoms with E-state index in [1.165, 1.54) is 0 Å². The zero-order chi connectivity index (χ0) is 12.7. The molecule has 1 aromatic heterocycles. The summed E-state index contributed by atoms with van der Waals surface area (Å²) in [5.41, 5.74) is 0.802. The van der Waals surface area contributed by atoms with E-state index in [9.17, 15) is 4.79 Å². The van der Waals surface area contributed by atoms with Gasteiger partial charge in [0.05, 0.1) is 18.8 Å². The van der Waals surface area contributed by atoms with Crippen molar-refractivity contribution in [3.05, 3.63) is 11.9 Å². The fraction of sp³-hybridized carbons (Fsp3) is 0.700. The number of hydrogen-bond donors (Lipinski definition) is 2. The monoisotopic (exact) mass is 241 g/mol. The summed E-state index contributed by atoms with van der Waals surface area (Å²) in [6.45, 7) is 1.69. The average Bonchev–Trinajstić information content (AvgIpc) is 2.72. The van der Waals surface area contributed by atoms with Gasteiger partial charge in [0, 0.05) is 39.8 Å². The van der Waals surface area contributed by atoms with Crippen molar-refractivity contribution in [2.45, 2.75) is 19.5 Å². The predicted octanol–water partition coefficient (Wildman–Crippen LogP) is -1.16. The molecule has 0 atom stereocenters. The highest BCUT2D eigenvalue weighted by molar-refractivity contribution is 5.75. The fourth-order valence-corrected chi connectivity index (χ4v) is 1.27. The molecule has 1 amide bonds. The van der Waals surface area contributed by atoms with Crippen LogP contribution in [0, 0.1) is 0 Å². The Morgan fingerprint density at radius 3 is 3.00 bits per heavy atom. The van der Waals surface area contributed by atoms with E-state index in [0.717, 1.165) is 5.69 Å². The molecule has 0 saturated carbocycles. The van der Waals surface area contributed by atoms with Gasteiger partial charge in [0.2, 0.25) is 5.91 Å². The maximum atomic E-state index is 11.3. The van der Waals surface area contributed by atoms with Crippen LogP contribution in [-0.4, -0.2) is 58.2 Å². The summed E-state index contributed by atoms with van der Waals surface area (Å²) < 4.78 is 1.59. The van der Waals surface area contributed by atoms with Crippen LogP contribution in [0.1, 0.15) is 12.1 Å². The molecule has 0 fully saturated rings. The number of rotatable bonds is 7. The Labute approximate surface area is 100 Å². The molecule has 0 aliphatic heterocycles. The maximum absolute atomic E-state index is 11.3. The number of nitrogens with one attached hydrogen (secondary N) is 1. The van der Waals surface area contributed by atoms with Gasteiger partial charge < -0.3 is 15.3 Å². The number of aliphatic hydroxyl groups is 1. The highest BCUT2D eigenvalue weighted by Gasteiger charge is 2.03. The summed E-state index contributed by atoms with van der Waals surface area (Å²) >= 11 is 0. The lowest BCUT2D eigenvalue weighted by Crippen LogP contribution is -2.26. The molecule has 1 rings (SSSR count). The second-order valence-electron chi connectivity index (χ2n) is 3.91. The third kappa shape index (κ3) is 4.92. The molecule has 7 nitrogen and oxygen atoms in total. The van der Waals surface area contributed by atoms with Crippen LogP contribution < -0.4 is 5.32 Å². The standard InChI is InChI=1S/C10H19N5O2/c1-14(2)10(17)3-4-11-7-9-8-15(5-6-16)13-12-9/h8,11,16H,3-7H2,1-2H3. The summed E-state index contributed by atoms with van der Waals surface area (Å²) in [6, 6.07) is 0. The molecule has 1 aromatic rings. The molecular formula is C10H19N5O2. The quantitative estimate of drug-likeness (QED) is 0.588. The van der Waals surface area contributed by atoms with Gasteiger partial charge in [0.15, 0.2) is 0 Å². The van der Waals surface area contributed by atoms with Crippen LogP contribution in [0.25, 0.3) is 0 Å². The van der Waals surface area contributed by atoms with Crippen LogP contribution in [0.15, 0.2) is 6.20 Å². The molecule has 0 aliphatic carbocycles. The van der Waals surface area contributed by atoms with Crippen molar-refractivity contribution in [2.24, 2.45) is 0 Å². The Morgan fingerprint density at radius 1 is 1.59 bits per heavy atom. The summed E-state index contributed by atoms with van der Waals surface area (Å²) in [7, 11) is 3.48. The number of hydrogen-bond acceptors (Lipinski definition) is 5. The maximum Gasteiger partial charge on any atom is 0.223 e. The topological polar surface area (TPSA) is 83.3 Å². The van der Waals surface area contributed by atoms with Crippen LogP contribution in [0.5, 0.6) is 0 Å². The van der Waals surface area contributed by atoms with Crippen molar-refractivity contribution in [2.75, 3.05) is 27.2 Å². The van der Waals surface area contributed by atoms with Crippen LogP contribution in [-0.2, 0) is 17.9 Å². The van der Waals surface area contributed by atoms with E-state index in [1.807, 2.05) is 0 Å². The summed E-state index contributed by atoms with van der Waals surface area (Å²) in [5, 5.41) is 19.6. The molecule has 96 valence electrons. The average molecular weight is 241 g/mol. The van der Waals surface area contributed by atoms with E-state index in [0.29, 0.717) is 26.1 Å². The molecule has 0 spiro atoms. The number of aliphatic hydroxyl groups excluding tert-OH is 1. The third-order valence-corrected chi connectivity index (χ3v) is 2.24. The minimum Gasteiger partial charge on any atom is -0.394 e. The SMILES string of the molecule is CN(C)C(=O)CCNCc1cn(CCO)nn1. The first-order chi connectivity index (χ1) is 8.13. The lowest BCUT2D eigenvalue weighted by Gasteiger charge is -2.09. The molecule has 0 radical (unpaired) electrons. The Hall–Kier alpha value is -1.47. The first kappa shape index (κ1) is 13.6.